The number of aromatic amines is 1. The summed E-state index contributed by atoms with van der Waals surface area (Å²) in [5, 5.41) is 14.3. The summed E-state index contributed by atoms with van der Waals surface area (Å²) in [4.78, 5) is 7.48. The topological polar surface area (TPSA) is 73.7 Å². The number of H-pyrrole nitrogens is 1. The van der Waals surface area contributed by atoms with Crippen LogP contribution < -0.4 is 10.1 Å². The van der Waals surface area contributed by atoms with Gasteiger partial charge >= 0.3 is 0 Å². The Bertz CT molecular complexity index is 1310. The molecule has 0 aliphatic carbocycles. The summed E-state index contributed by atoms with van der Waals surface area (Å²) in [5.74, 6) is 0.822. The van der Waals surface area contributed by atoms with Crippen LogP contribution in [-0.2, 0) is 6.42 Å². The molecule has 154 valence electrons. The van der Waals surface area contributed by atoms with Crippen molar-refractivity contribution in [1.82, 2.24) is 9.97 Å². The minimum absolute atomic E-state index is 0.490. The van der Waals surface area contributed by atoms with Crippen LogP contribution in [0.25, 0.3) is 23.1 Å². The molecule has 31 heavy (non-hydrogen) atoms. The second-order valence-electron chi connectivity index (χ2n) is 7.33. The first-order valence-electron chi connectivity index (χ1n) is 10.2. The molecular weight excluding hydrogens is 384 g/mol. The van der Waals surface area contributed by atoms with Crippen molar-refractivity contribution in [3.8, 4) is 11.8 Å². The molecule has 0 radical (unpaired) electrons. The van der Waals surface area contributed by atoms with E-state index in [-0.39, 0.29) is 0 Å². The van der Waals surface area contributed by atoms with Crippen molar-refractivity contribution >= 4 is 34.4 Å². The Morgan fingerprint density at radius 1 is 1.13 bits per heavy atom. The number of benzene rings is 2. The molecule has 0 aliphatic heterocycles. The fraction of sp³-hybridized carbons (Fsp3) is 0.154. The van der Waals surface area contributed by atoms with Crippen molar-refractivity contribution in [3.63, 3.8) is 0 Å². The molecule has 2 N–H and O–H groups in total. The zero-order valence-corrected chi connectivity index (χ0v) is 17.9. The number of hydrogen-bond donors (Lipinski definition) is 2. The lowest BCUT2D eigenvalue weighted by atomic mass is 10.0. The maximum atomic E-state index is 9.67. The summed E-state index contributed by atoms with van der Waals surface area (Å²) in [6.45, 7) is 4.19. The predicted octanol–water partition coefficient (Wildman–Crippen LogP) is 6.23. The third kappa shape index (κ3) is 4.01. The first kappa shape index (κ1) is 20.2. The van der Waals surface area contributed by atoms with Crippen LogP contribution in [0.5, 0.6) is 5.75 Å². The van der Waals surface area contributed by atoms with Crippen LogP contribution in [-0.4, -0.2) is 17.1 Å². The van der Waals surface area contributed by atoms with E-state index < -0.39 is 0 Å². The summed E-state index contributed by atoms with van der Waals surface area (Å²) in [6, 6.07) is 14.6. The normalized spacial score (nSPS) is 11.0. The Morgan fingerprint density at radius 3 is 2.74 bits per heavy atom. The van der Waals surface area contributed by atoms with Gasteiger partial charge in [-0.25, -0.2) is 0 Å². The number of fused-ring (bicyclic) bond motifs is 1. The predicted molar refractivity (Wildman–Crippen MR) is 127 cm³/mol. The third-order valence-corrected chi connectivity index (χ3v) is 5.51. The highest BCUT2D eigenvalue weighted by Crippen LogP contribution is 2.31. The van der Waals surface area contributed by atoms with Gasteiger partial charge in [-0.15, -0.1) is 0 Å². The van der Waals surface area contributed by atoms with Crippen molar-refractivity contribution in [2.45, 2.75) is 20.3 Å². The molecule has 5 heteroatoms. The van der Waals surface area contributed by atoms with Gasteiger partial charge in [0.1, 0.15) is 11.8 Å². The number of aromatic nitrogens is 2. The van der Waals surface area contributed by atoms with Crippen LogP contribution >= 0.6 is 0 Å². The summed E-state index contributed by atoms with van der Waals surface area (Å²) >= 11 is 0. The van der Waals surface area contributed by atoms with Crippen LogP contribution in [0.1, 0.15) is 34.7 Å². The van der Waals surface area contributed by atoms with Crippen LogP contribution in [0.15, 0.2) is 55.0 Å². The Labute approximate surface area is 182 Å². The molecule has 2 aromatic heterocycles. The molecule has 0 saturated carbocycles. The van der Waals surface area contributed by atoms with E-state index in [0.29, 0.717) is 5.56 Å². The second kappa shape index (κ2) is 8.76. The van der Waals surface area contributed by atoms with Crippen LogP contribution in [0.2, 0.25) is 0 Å². The Kier molecular flexibility index (Phi) is 5.72. The quantitative estimate of drug-likeness (QED) is 0.397. The molecule has 0 amide bonds. The Morgan fingerprint density at radius 2 is 1.97 bits per heavy atom. The fourth-order valence-electron chi connectivity index (χ4n) is 3.67. The molecule has 2 heterocycles. The molecule has 2 aromatic carbocycles. The van der Waals surface area contributed by atoms with Crippen LogP contribution in [0, 0.1) is 18.3 Å². The average molecular weight is 409 g/mol. The fourth-order valence-corrected chi connectivity index (χ4v) is 3.67. The Balaban J connectivity index is 1.74. The molecule has 0 saturated heterocycles. The number of nitrogens with zero attached hydrogens (tertiary/aromatic N) is 2. The van der Waals surface area contributed by atoms with Gasteiger partial charge < -0.3 is 15.0 Å². The molecule has 0 spiro atoms. The number of rotatable bonds is 6. The van der Waals surface area contributed by atoms with Crippen LogP contribution in [0.3, 0.4) is 0 Å². The van der Waals surface area contributed by atoms with Gasteiger partial charge in [0.15, 0.2) is 0 Å². The largest absolute Gasteiger partial charge is 0.496 e. The summed E-state index contributed by atoms with van der Waals surface area (Å²) in [7, 11) is 1.68. The number of aryl methyl sites for hydroxylation is 2. The van der Waals surface area contributed by atoms with E-state index in [2.05, 4.69) is 53.4 Å². The van der Waals surface area contributed by atoms with Crippen molar-refractivity contribution < 1.29 is 4.74 Å². The maximum Gasteiger partial charge on any atom is 0.126 e. The smallest absolute Gasteiger partial charge is 0.126 e. The number of methoxy groups -OCH3 is 1. The van der Waals surface area contributed by atoms with Gasteiger partial charge in [0, 0.05) is 46.3 Å². The number of nitrogens with one attached hydrogen (secondary N) is 2. The van der Waals surface area contributed by atoms with Gasteiger partial charge in [-0.05, 0) is 48.7 Å². The van der Waals surface area contributed by atoms with Gasteiger partial charge in [0.05, 0.1) is 18.4 Å². The number of anilines is 2. The summed E-state index contributed by atoms with van der Waals surface area (Å²) < 4.78 is 5.56. The van der Waals surface area contributed by atoms with Crippen molar-refractivity contribution in [3.05, 3.63) is 82.8 Å². The van der Waals surface area contributed by atoms with Gasteiger partial charge in [-0.1, -0.05) is 31.2 Å². The zero-order chi connectivity index (χ0) is 21.8. The van der Waals surface area contributed by atoms with Crippen molar-refractivity contribution in [2.75, 3.05) is 12.4 Å². The second-order valence-corrected chi connectivity index (χ2v) is 7.33. The molecule has 5 nitrogen and oxygen atoms in total. The minimum atomic E-state index is 0.490. The molecule has 4 aromatic rings. The number of ether oxygens (including phenoxy) is 1. The first-order valence-corrected chi connectivity index (χ1v) is 10.2. The standard InChI is InChI=1S/C26H24N4O/c1-4-18-5-6-19(25(13-18)31-3)7-8-20-15-28-16-21(14-27)26(20)30-23-9-10-24-22(17(23)2)11-12-29-24/h5-13,15-16,29H,4H2,1-3H3,(H,28,30)/b8-7+. The SMILES string of the molecule is CCc1ccc(/C=C/c2cncc(C#N)c2Nc2ccc3[nH]ccc3c2C)c(OC)c1. The van der Waals surface area contributed by atoms with E-state index in [9.17, 15) is 5.26 Å². The zero-order valence-electron chi connectivity index (χ0n) is 17.9. The van der Waals surface area contributed by atoms with Gasteiger partial charge in [0.2, 0.25) is 0 Å². The monoisotopic (exact) mass is 408 g/mol. The minimum Gasteiger partial charge on any atom is -0.496 e. The van der Waals surface area contributed by atoms with Crippen LogP contribution in [0.4, 0.5) is 11.4 Å². The van der Waals surface area contributed by atoms with Gasteiger partial charge in [-0.2, -0.15) is 5.26 Å². The molecule has 0 atom stereocenters. The number of hydrogen-bond acceptors (Lipinski definition) is 4. The summed E-state index contributed by atoms with van der Waals surface area (Å²) in [5.41, 5.74) is 7.40. The lowest BCUT2D eigenvalue weighted by molar-refractivity contribution is 0.413. The van der Waals surface area contributed by atoms with Crippen molar-refractivity contribution in [2.24, 2.45) is 0 Å². The molecule has 4 rings (SSSR count). The molecule has 0 unspecified atom stereocenters. The third-order valence-electron chi connectivity index (χ3n) is 5.51. The lowest BCUT2D eigenvalue weighted by Crippen LogP contribution is -1.99. The van der Waals surface area contributed by atoms with E-state index >= 15 is 0 Å². The lowest BCUT2D eigenvalue weighted by Gasteiger charge is -2.14. The van der Waals surface area contributed by atoms with E-state index in [1.54, 1.807) is 19.5 Å². The molecular formula is C26H24N4O. The molecule has 0 bridgehead atoms. The Hall–Kier alpha value is -4.04. The van der Waals surface area contributed by atoms with E-state index in [4.69, 9.17) is 4.74 Å². The van der Waals surface area contributed by atoms with Gasteiger partial charge in [0.25, 0.3) is 0 Å². The average Bonchev–Trinajstić information content (AvgIpc) is 3.29. The molecule has 0 aliphatic rings. The highest BCUT2D eigenvalue weighted by atomic mass is 16.5. The maximum absolute atomic E-state index is 9.67. The van der Waals surface area contributed by atoms with Gasteiger partial charge in [-0.3, -0.25) is 4.98 Å². The highest BCUT2D eigenvalue weighted by Gasteiger charge is 2.11. The van der Waals surface area contributed by atoms with E-state index in [0.717, 1.165) is 51.1 Å². The highest BCUT2D eigenvalue weighted by molar-refractivity contribution is 5.90. The van der Waals surface area contributed by atoms with E-state index in [1.165, 1.54) is 5.56 Å². The summed E-state index contributed by atoms with van der Waals surface area (Å²) in [6.07, 6.45) is 10.2. The van der Waals surface area contributed by atoms with Crippen molar-refractivity contribution in [1.29, 1.82) is 5.26 Å². The number of nitriles is 1. The number of pyridine rings is 1. The first-order chi connectivity index (χ1) is 15.1. The molecule has 0 fully saturated rings. The van der Waals surface area contributed by atoms with E-state index in [1.807, 2.05) is 36.5 Å².